The minimum absolute atomic E-state index is 0.137. The van der Waals surface area contributed by atoms with Crippen LogP contribution in [-0.4, -0.2) is 5.16 Å². The third-order valence-electron chi connectivity index (χ3n) is 3.14. The zero-order chi connectivity index (χ0) is 15.0. The van der Waals surface area contributed by atoms with Crippen LogP contribution in [0.2, 0.25) is 0 Å². The van der Waals surface area contributed by atoms with Gasteiger partial charge in [0.1, 0.15) is 11.6 Å². The second kappa shape index (κ2) is 5.01. The van der Waals surface area contributed by atoms with E-state index in [1.165, 1.54) is 24.3 Å². The molecule has 0 bridgehead atoms. The van der Waals surface area contributed by atoms with Gasteiger partial charge in [-0.1, -0.05) is 17.3 Å². The summed E-state index contributed by atoms with van der Waals surface area (Å²) in [6, 6.07) is 10.4. The van der Waals surface area contributed by atoms with Gasteiger partial charge in [-0.05, 0) is 48.4 Å². The van der Waals surface area contributed by atoms with E-state index in [4.69, 9.17) is 10.3 Å². The van der Waals surface area contributed by atoms with Gasteiger partial charge in [0.05, 0.1) is 5.56 Å². The first-order valence-electron chi connectivity index (χ1n) is 6.33. The molecular weight excluding hydrogens is 274 g/mol. The predicted molar refractivity (Wildman–Crippen MR) is 76.4 cm³/mol. The molecule has 0 aliphatic heterocycles. The number of rotatable bonds is 2. The Hall–Kier alpha value is -2.69. The molecule has 2 aromatic carbocycles. The monoisotopic (exact) mass is 286 g/mol. The molecule has 3 aromatic rings. The normalized spacial score (nSPS) is 10.8. The molecule has 0 saturated heterocycles. The molecule has 3 nitrogen and oxygen atoms in total. The molecule has 0 unspecified atom stereocenters. The number of benzene rings is 2. The van der Waals surface area contributed by atoms with E-state index in [0.29, 0.717) is 22.5 Å². The molecule has 106 valence electrons. The summed E-state index contributed by atoms with van der Waals surface area (Å²) in [6.45, 7) is 1.77. The van der Waals surface area contributed by atoms with Crippen molar-refractivity contribution in [3.05, 3.63) is 59.7 Å². The van der Waals surface area contributed by atoms with Crippen LogP contribution in [0.1, 0.15) is 5.56 Å². The molecule has 0 amide bonds. The lowest BCUT2D eigenvalue weighted by atomic mass is 10.0. The van der Waals surface area contributed by atoms with E-state index >= 15 is 0 Å². The van der Waals surface area contributed by atoms with Gasteiger partial charge in [-0.3, -0.25) is 0 Å². The van der Waals surface area contributed by atoms with Crippen LogP contribution in [0.3, 0.4) is 0 Å². The molecule has 0 aliphatic carbocycles. The van der Waals surface area contributed by atoms with Gasteiger partial charge in [-0.2, -0.15) is 0 Å². The van der Waals surface area contributed by atoms with Gasteiger partial charge < -0.3 is 10.3 Å². The van der Waals surface area contributed by atoms with E-state index in [0.717, 1.165) is 5.56 Å². The van der Waals surface area contributed by atoms with E-state index in [2.05, 4.69) is 5.16 Å². The molecule has 0 atom stereocenters. The number of anilines is 1. The number of halogens is 2. The SMILES string of the molecule is Cc1cc(F)cc(-c2onc(N)c2-c2cccc(F)c2)c1. The zero-order valence-corrected chi connectivity index (χ0v) is 11.2. The Labute approximate surface area is 120 Å². The second-order valence-corrected chi connectivity index (χ2v) is 4.80. The summed E-state index contributed by atoms with van der Waals surface area (Å²) in [6.07, 6.45) is 0. The first-order chi connectivity index (χ1) is 10.0. The minimum atomic E-state index is -0.394. The van der Waals surface area contributed by atoms with E-state index in [9.17, 15) is 8.78 Å². The van der Waals surface area contributed by atoms with Crippen molar-refractivity contribution in [2.24, 2.45) is 0 Å². The van der Waals surface area contributed by atoms with Crippen molar-refractivity contribution >= 4 is 5.82 Å². The number of nitrogen functional groups attached to an aromatic ring is 1. The van der Waals surface area contributed by atoms with Gasteiger partial charge >= 0.3 is 0 Å². The molecule has 0 saturated carbocycles. The van der Waals surface area contributed by atoms with E-state index in [1.807, 2.05) is 0 Å². The molecule has 5 heteroatoms. The number of aromatic nitrogens is 1. The Kier molecular flexibility index (Phi) is 3.17. The van der Waals surface area contributed by atoms with Crippen LogP contribution in [0.4, 0.5) is 14.6 Å². The average Bonchev–Trinajstić information content (AvgIpc) is 2.79. The van der Waals surface area contributed by atoms with Gasteiger partial charge in [-0.15, -0.1) is 0 Å². The lowest BCUT2D eigenvalue weighted by molar-refractivity contribution is 0.435. The van der Waals surface area contributed by atoms with E-state index in [1.54, 1.807) is 25.1 Å². The topological polar surface area (TPSA) is 52.0 Å². The largest absolute Gasteiger partial charge is 0.380 e. The highest BCUT2D eigenvalue weighted by Crippen LogP contribution is 2.37. The smallest absolute Gasteiger partial charge is 0.177 e. The summed E-state index contributed by atoms with van der Waals surface area (Å²) in [5.74, 6) is -0.321. The summed E-state index contributed by atoms with van der Waals surface area (Å²) in [5, 5.41) is 3.72. The summed E-state index contributed by atoms with van der Waals surface area (Å²) < 4.78 is 32.2. The highest BCUT2D eigenvalue weighted by molar-refractivity contribution is 5.86. The maximum atomic E-state index is 13.6. The average molecular weight is 286 g/mol. The first kappa shape index (κ1) is 13.3. The maximum absolute atomic E-state index is 13.6. The Bertz CT molecular complexity index is 792. The third kappa shape index (κ3) is 2.50. The van der Waals surface area contributed by atoms with Crippen molar-refractivity contribution in [2.75, 3.05) is 5.73 Å². The molecular formula is C16H12F2N2O. The Morgan fingerprint density at radius 2 is 1.76 bits per heavy atom. The van der Waals surface area contributed by atoms with E-state index < -0.39 is 5.82 Å². The number of hydrogen-bond donors (Lipinski definition) is 1. The Balaban J connectivity index is 2.21. The number of nitrogens with two attached hydrogens (primary N) is 1. The Morgan fingerprint density at radius 3 is 2.48 bits per heavy atom. The first-order valence-corrected chi connectivity index (χ1v) is 6.33. The van der Waals surface area contributed by atoms with Crippen molar-refractivity contribution in [3.8, 4) is 22.5 Å². The lowest BCUT2D eigenvalue weighted by Gasteiger charge is -2.04. The lowest BCUT2D eigenvalue weighted by Crippen LogP contribution is -1.90. The summed E-state index contributed by atoms with van der Waals surface area (Å²) >= 11 is 0. The number of nitrogens with zero attached hydrogens (tertiary/aromatic N) is 1. The quantitative estimate of drug-likeness (QED) is 0.769. The number of hydrogen-bond acceptors (Lipinski definition) is 3. The van der Waals surface area contributed by atoms with Crippen LogP contribution in [0.5, 0.6) is 0 Å². The van der Waals surface area contributed by atoms with Crippen LogP contribution < -0.4 is 5.73 Å². The highest BCUT2D eigenvalue weighted by atomic mass is 19.1. The molecule has 3 rings (SSSR count). The van der Waals surface area contributed by atoms with Crippen LogP contribution in [-0.2, 0) is 0 Å². The highest BCUT2D eigenvalue weighted by Gasteiger charge is 2.18. The van der Waals surface area contributed by atoms with Gasteiger partial charge in [0, 0.05) is 5.56 Å². The molecule has 1 heterocycles. The fourth-order valence-electron chi connectivity index (χ4n) is 2.29. The standard InChI is InChI=1S/C16H12F2N2O/c1-9-5-11(8-13(18)6-9)15-14(16(19)20-21-15)10-3-2-4-12(17)7-10/h2-8H,1H3,(H2,19,20). The van der Waals surface area contributed by atoms with Crippen molar-refractivity contribution < 1.29 is 13.3 Å². The van der Waals surface area contributed by atoms with Crippen molar-refractivity contribution in [1.82, 2.24) is 5.16 Å². The van der Waals surface area contributed by atoms with Gasteiger partial charge in [-0.25, -0.2) is 8.78 Å². The predicted octanol–water partition coefficient (Wildman–Crippen LogP) is 4.18. The molecule has 0 radical (unpaired) electrons. The molecule has 0 spiro atoms. The molecule has 0 fully saturated rings. The van der Waals surface area contributed by atoms with Gasteiger partial charge in [0.25, 0.3) is 0 Å². The summed E-state index contributed by atoms with van der Waals surface area (Å²) in [5.41, 5.74) is 8.06. The summed E-state index contributed by atoms with van der Waals surface area (Å²) in [4.78, 5) is 0. The molecule has 1 aromatic heterocycles. The maximum Gasteiger partial charge on any atom is 0.177 e. The minimum Gasteiger partial charge on any atom is -0.380 e. The fraction of sp³-hybridized carbons (Fsp3) is 0.0625. The van der Waals surface area contributed by atoms with Crippen molar-refractivity contribution in [1.29, 1.82) is 0 Å². The van der Waals surface area contributed by atoms with Crippen molar-refractivity contribution in [2.45, 2.75) is 6.92 Å². The third-order valence-corrected chi connectivity index (χ3v) is 3.14. The Morgan fingerprint density at radius 1 is 1.00 bits per heavy atom. The zero-order valence-electron chi connectivity index (χ0n) is 11.2. The van der Waals surface area contributed by atoms with Crippen molar-refractivity contribution in [3.63, 3.8) is 0 Å². The molecule has 0 aliphatic rings. The second-order valence-electron chi connectivity index (χ2n) is 4.80. The summed E-state index contributed by atoms with van der Waals surface area (Å²) in [7, 11) is 0. The van der Waals surface area contributed by atoms with Crippen LogP contribution in [0, 0.1) is 18.6 Å². The van der Waals surface area contributed by atoms with Crippen LogP contribution in [0.15, 0.2) is 47.0 Å². The van der Waals surface area contributed by atoms with Gasteiger partial charge in [0.2, 0.25) is 0 Å². The molecule has 2 N–H and O–H groups in total. The number of aryl methyl sites for hydroxylation is 1. The fourth-order valence-corrected chi connectivity index (χ4v) is 2.29. The van der Waals surface area contributed by atoms with Crippen LogP contribution >= 0.6 is 0 Å². The van der Waals surface area contributed by atoms with E-state index in [-0.39, 0.29) is 11.6 Å². The van der Waals surface area contributed by atoms with Crippen LogP contribution in [0.25, 0.3) is 22.5 Å². The molecule has 21 heavy (non-hydrogen) atoms. The van der Waals surface area contributed by atoms with Gasteiger partial charge in [0.15, 0.2) is 11.6 Å².